The minimum atomic E-state index is -4.31. The Balaban J connectivity index is 3.16. The van der Waals surface area contributed by atoms with Crippen LogP contribution in [0.15, 0.2) is 22.7 Å². The number of alkyl halides is 3. The summed E-state index contributed by atoms with van der Waals surface area (Å²) in [6.07, 6.45) is -4.31. The summed E-state index contributed by atoms with van der Waals surface area (Å²) in [5.41, 5.74) is 5.02. The van der Waals surface area contributed by atoms with Gasteiger partial charge in [-0.2, -0.15) is 13.2 Å². The van der Waals surface area contributed by atoms with Crippen molar-refractivity contribution in [1.82, 2.24) is 0 Å². The Morgan fingerprint density at radius 2 is 1.85 bits per heavy atom. The number of hydrogen-bond donors (Lipinski definition) is 1. The highest BCUT2D eigenvalue weighted by molar-refractivity contribution is 9.10. The summed E-state index contributed by atoms with van der Waals surface area (Å²) >= 11 is 2.99. The lowest BCUT2D eigenvalue weighted by molar-refractivity contribution is -0.137. The molecule has 0 aliphatic rings. The van der Waals surface area contributed by atoms with Gasteiger partial charge in [0.15, 0.2) is 0 Å². The van der Waals surface area contributed by atoms with Crippen LogP contribution in [0.4, 0.5) is 13.2 Å². The van der Waals surface area contributed by atoms with Crippen LogP contribution in [0.1, 0.15) is 11.1 Å². The van der Waals surface area contributed by atoms with Gasteiger partial charge in [-0.05, 0) is 23.8 Å². The molecule has 72 valence electrons. The second-order valence-electron chi connectivity index (χ2n) is 2.55. The van der Waals surface area contributed by atoms with Crippen LogP contribution in [0.5, 0.6) is 0 Å². The fourth-order valence-electron chi connectivity index (χ4n) is 0.932. The molecule has 13 heavy (non-hydrogen) atoms. The Morgan fingerprint density at radius 1 is 1.23 bits per heavy atom. The molecule has 0 aliphatic heterocycles. The molecule has 1 aromatic rings. The van der Waals surface area contributed by atoms with Crippen molar-refractivity contribution in [2.24, 2.45) is 5.73 Å². The fraction of sp³-hybridized carbons (Fsp3) is 0.250. The van der Waals surface area contributed by atoms with E-state index in [0.29, 0.717) is 10.0 Å². The fourth-order valence-corrected chi connectivity index (χ4v) is 1.47. The van der Waals surface area contributed by atoms with E-state index in [0.717, 1.165) is 12.1 Å². The summed E-state index contributed by atoms with van der Waals surface area (Å²) < 4.78 is 37.1. The third kappa shape index (κ3) is 2.70. The maximum absolute atomic E-state index is 12.2. The maximum Gasteiger partial charge on any atom is 0.416 e. The van der Waals surface area contributed by atoms with Crippen molar-refractivity contribution in [3.05, 3.63) is 33.8 Å². The molecule has 0 unspecified atom stereocenters. The average molecular weight is 254 g/mol. The third-order valence-electron chi connectivity index (χ3n) is 1.52. The van der Waals surface area contributed by atoms with E-state index < -0.39 is 11.7 Å². The van der Waals surface area contributed by atoms with Gasteiger partial charge < -0.3 is 5.73 Å². The zero-order valence-electron chi connectivity index (χ0n) is 6.53. The first-order valence-electron chi connectivity index (χ1n) is 3.50. The monoisotopic (exact) mass is 253 g/mol. The Hall–Kier alpha value is -0.550. The van der Waals surface area contributed by atoms with E-state index in [-0.39, 0.29) is 6.54 Å². The third-order valence-corrected chi connectivity index (χ3v) is 1.98. The highest BCUT2D eigenvalue weighted by Gasteiger charge is 2.30. The van der Waals surface area contributed by atoms with Crippen LogP contribution in [0.25, 0.3) is 0 Å². The quantitative estimate of drug-likeness (QED) is 0.819. The summed E-state index contributed by atoms with van der Waals surface area (Å²) in [6, 6.07) is 3.64. The molecule has 5 heteroatoms. The predicted octanol–water partition coefficient (Wildman–Crippen LogP) is 2.93. The lowest BCUT2D eigenvalue weighted by Gasteiger charge is -2.08. The number of halogens is 4. The molecule has 0 spiro atoms. The van der Waals surface area contributed by atoms with Gasteiger partial charge >= 0.3 is 6.18 Å². The molecule has 0 bridgehead atoms. The highest BCUT2D eigenvalue weighted by Crippen LogP contribution is 2.31. The summed E-state index contributed by atoms with van der Waals surface area (Å²) in [5.74, 6) is 0. The maximum atomic E-state index is 12.2. The van der Waals surface area contributed by atoms with Crippen molar-refractivity contribution in [1.29, 1.82) is 0 Å². The number of rotatable bonds is 1. The second-order valence-corrected chi connectivity index (χ2v) is 3.47. The standard InChI is InChI=1S/C8H7BrF3N/c9-7-2-5(4-13)1-6(3-7)8(10,11)12/h1-3H,4,13H2. The lowest BCUT2D eigenvalue weighted by atomic mass is 10.1. The van der Waals surface area contributed by atoms with Gasteiger partial charge in [-0.3, -0.25) is 0 Å². The van der Waals surface area contributed by atoms with E-state index in [1.165, 1.54) is 0 Å². The smallest absolute Gasteiger partial charge is 0.326 e. The van der Waals surface area contributed by atoms with Crippen molar-refractivity contribution in [3.8, 4) is 0 Å². The molecule has 1 aromatic carbocycles. The zero-order chi connectivity index (χ0) is 10.1. The first kappa shape index (κ1) is 10.5. The van der Waals surface area contributed by atoms with E-state index >= 15 is 0 Å². The Bertz CT molecular complexity index is 309. The first-order chi connectivity index (χ1) is 5.93. The molecule has 0 amide bonds. The van der Waals surface area contributed by atoms with Crippen LogP contribution in [0.3, 0.4) is 0 Å². The van der Waals surface area contributed by atoms with Crippen LogP contribution in [-0.2, 0) is 12.7 Å². The predicted molar refractivity (Wildman–Crippen MR) is 47.0 cm³/mol. The minimum absolute atomic E-state index is 0.0997. The van der Waals surface area contributed by atoms with E-state index in [4.69, 9.17) is 5.73 Å². The molecular formula is C8H7BrF3N. The van der Waals surface area contributed by atoms with E-state index in [2.05, 4.69) is 15.9 Å². The van der Waals surface area contributed by atoms with Crippen molar-refractivity contribution in [3.63, 3.8) is 0 Å². The van der Waals surface area contributed by atoms with E-state index in [9.17, 15) is 13.2 Å². The molecule has 2 N–H and O–H groups in total. The van der Waals surface area contributed by atoms with Gasteiger partial charge in [0.1, 0.15) is 0 Å². The molecular weight excluding hydrogens is 247 g/mol. The zero-order valence-corrected chi connectivity index (χ0v) is 8.11. The van der Waals surface area contributed by atoms with Crippen LogP contribution in [0.2, 0.25) is 0 Å². The summed E-state index contributed by atoms with van der Waals surface area (Å²) in [7, 11) is 0. The molecule has 1 rings (SSSR count). The molecule has 0 saturated carbocycles. The molecule has 0 heterocycles. The number of hydrogen-bond acceptors (Lipinski definition) is 1. The normalized spacial score (nSPS) is 11.8. The lowest BCUT2D eigenvalue weighted by Crippen LogP contribution is -2.07. The van der Waals surface area contributed by atoms with Gasteiger partial charge in [0.25, 0.3) is 0 Å². The van der Waals surface area contributed by atoms with Gasteiger partial charge in [-0.15, -0.1) is 0 Å². The van der Waals surface area contributed by atoms with Crippen LogP contribution < -0.4 is 5.73 Å². The Morgan fingerprint density at radius 3 is 2.31 bits per heavy atom. The van der Waals surface area contributed by atoms with Gasteiger partial charge in [0.2, 0.25) is 0 Å². The molecule has 0 atom stereocenters. The number of benzene rings is 1. The van der Waals surface area contributed by atoms with Crippen LogP contribution >= 0.6 is 15.9 Å². The Kier molecular flexibility index (Phi) is 2.98. The summed E-state index contributed by atoms with van der Waals surface area (Å²) in [6.45, 7) is 0.0997. The molecule has 0 aliphatic carbocycles. The SMILES string of the molecule is NCc1cc(Br)cc(C(F)(F)F)c1. The topological polar surface area (TPSA) is 26.0 Å². The van der Waals surface area contributed by atoms with Crippen molar-refractivity contribution in [2.75, 3.05) is 0 Å². The van der Waals surface area contributed by atoms with Crippen LogP contribution in [-0.4, -0.2) is 0 Å². The summed E-state index contributed by atoms with van der Waals surface area (Å²) in [5, 5.41) is 0. The highest BCUT2D eigenvalue weighted by atomic mass is 79.9. The molecule has 0 saturated heterocycles. The Labute approximate surface area is 81.9 Å². The molecule has 1 nitrogen and oxygen atoms in total. The molecule has 0 radical (unpaired) electrons. The summed E-state index contributed by atoms with van der Waals surface area (Å²) in [4.78, 5) is 0. The van der Waals surface area contributed by atoms with E-state index in [1.807, 2.05) is 0 Å². The first-order valence-corrected chi connectivity index (χ1v) is 4.29. The van der Waals surface area contributed by atoms with Gasteiger partial charge in [0, 0.05) is 11.0 Å². The van der Waals surface area contributed by atoms with Crippen molar-refractivity contribution in [2.45, 2.75) is 12.7 Å². The molecule has 0 fully saturated rings. The second kappa shape index (κ2) is 3.67. The van der Waals surface area contributed by atoms with Crippen LogP contribution in [0, 0.1) is 0 Å². The van der Waals surface area contributed by atoms with Crippen molar-refractivity contribution >= 4 is 15.9 Å². The van der Waals surface area contributed by atoms with Gasteiger partial charge in [0.05, 0.1) is 5.56 Å². The molecule has 0 aromatic heterocycles. The van der Waals surface area contributed by atoms with Gasteiger partial charge in [-0.1, -0.05) is 15.9 Å². The van der Waals surface area contributed by atoms with Crippen molar-refractivity contribution < 1.29 is 13.2 Å². The largest absolute Gasteiger partial charge is 0.416 e. The number of nitrogens with two attached hydrogens (primary N) is 1. The average Bonchev–Trinajstić information content (AvgIpc) is 2.01. The van der Waals surface area contributed by atoms with Gasteiger partial charge in [-0.25, -0.2) is 0 Å². The van der Waals surface area contributed by atoms with E-state index in [1.54, 1.807) is 6.07 Å². The minimum Gasteiger partial charge on any atom is -0.326 e.